The number of aryl methyl sites for hydroxylation is 1. The Balaban J connectivity index is 2.53. The maximum absolute atomic E-state index is 11.3. The number of ether oxygens (including phenoxy) is 2. The van der Waals surface area contributed by atoms with Gasteiger partial charge in [0.05, 0.1) is 0 Å². The van der Waals surface area contributed by atoms with Gasteiger partial charge >= 0.3 is 13.6 Å². The lowest BCUT2D eigenvalue weighted by Crippen LogP contribution is -2.21. The first-order valence-electron chi connectivity index (χ1n) is 5.34. The van der Waals surface area contributed by atoms with Gasteiger partial charge in [0, 0.05) is 5.02 Å². The largest absolute Gasteiger partial charge is 0.482 e. The van der Waals surface area contributed by atoms with Crippen molar-refractivity contribution < 1.29 is 28.6 Å². The van der Waals surface area contributed by atoms with Gasteiger partial charge in [-0.05, 0) is 37.6 Å². The number of esters is 1. The molecule has 1 aromatic carbocycles. The summed E-state index contributed by atoms with van der Waals surface area (Å²) >= 11 is 5.76. The third-order valence-electron chi connectivity index (χ3n) is 2.26. The standard InChI is InChI=1S/C11H14ClO6P/c1-7-5-9(12)3-4-10(7)17-6-11(13)18-8(2)19(14,15)16/h3-5,8H,6H2,1-2H3,(H2,14,15,16). The zero-order valence-electron chi connectivity index (χ0n) is 10.4. The van der Waals surface area contributed by atoms with E-state index in [0.717, 1.165) is 12.5 Å². The number of halogens is 1. The zero-order chi connectivity index (χ0) is 14.6. The Labute approximate surface area is 115 Å². The van der Waals surface area contributed by atoms with Crippen molar-refractivity contribution in [2.45, 2.75) is 19.7 Å². The van der Waals surface area contributed by atoms with Gasteiger partial charge in [0.25, 0.3) is 0 Å². The molecule has 0 saturated carbocycles. The van der Waals surface area contributed by atoms with E-state index in [4.69, 9.17) is 26.1 Å². The van der Waals surface area contributed by atoms with Gasteiger partial charge < -0.3 is 19.3 Å². The molecule has 1 rings (SSSR count). The van der Waals surface area contributed by atoms with Crippen molar-refractivity contribution in [1.82, 2.24) is 0 Å². The molecule has 0 aliphatic heterocycles. The molecule has 0 radical (unpaired) electrons. The Bertz CT molecular complexity index is 512. The first kappa shape index (κ1) is 16.0. The Morgan fingerprint density at radius 2 is 2.11 bits per heavy atom. The van der Waals surface area contributed by atoms with Crippen molar-refractivity contribution in [3.63, 3.8) is 0 Å². The molecule has 1 aromatic rings. The molecule has 0 aliphatic carbocycles. The molecule has 6 nitrogen and oxygen atoms in total. The van der Waals surface area contributed by atoms with Crippen LogP contribution in [0.4, 0.5) is 0 Å². The lowest BCUT2D eigenvalue weighted by atomic mass is 10.2. The summed E-state index contributed by atoms with van der Waals surface area (Å²) in [4.78, 5) is 28.9. The normalized spacial score (nSPS) is 12.9. The summed E-state index contributed by atoms with van der Waals surface area (Å²) in [5, 5.41) is 0.544. The molecule has 1 atom stereocenters. The zero-order valence-corrected chi connectivity index (χ0v) is 12.0. The third-order valence-corrected chi connectivity index (χ3v) is 3.55. The van der Waals surface area contributed by atoms with Crippen molar-refractivity contribution in [2.24, 2.45) is 0 Å². The summed E-state index contributed by atoms with van der Waals surface area (Å²) in [7, 11) is -4.44. The highest BCUT2D eigenvalue weighted by Gasteiger charge is 2.27. The van der Waals surface area contributed by atoms with Crippen LogP contribution >= 0.6 is 19.2 Å². The quantitative estimate of drug-likeness (QED) is 0.639. The molecule has 19 heavy (non-hydrogen) atoms. The highest BCUT2D eigenvalue weighted by atomic mass is 35.5. The van der Waals surface area contributed by atoms with Gasteiger partial charge in [0.15, 0.2) is 12.5 Å². The van der Waals surface area contributed by atoms with E-state index in [1.165, 1.54) is 0 Å². The first-order chi connectivity index (χ1) is 8.70. The molecule has 2 N–H and O–H groups in total. The van der Waals surface area contributed by atoms with Crippen LogP contribution in [-0.4, -0.2) is 28.2 Å². The number of carbonyl (C=O) groups excluding carboxylic acids is 1. The van der Waals surface area contributed by atoms with Crippen molar-refractivity contribution in [2.75, 3.05) is 6.61 Å². The van der Waals surface area contributed by atoms with Crippen LogP contribution in [0.5, 0.6) is 5.75 Å². The van der Waals surface area contributed by atoms with E-state index in [1.54, 1.807) is 25.1 Å². The number of carbonyl (C=O) groups is 1. The SMILES string of the molecule is Cc1cc(Cl)ccc1OCC(=O)OC(C)P(=O)(O)O. The van der Waals surface area contributed by atoms with Crippen molar-refractivity contribution in [1.29, 1.82) is 0 Å². The maximum atomic E-state index is 11.3. The molecular weight excluding hydrogens is 295 g/mol. The fourth-order valence-corrected chi connectivity index (χ4v) is 1.69. The number of benzene rings is 1. The smallest absolute Gasteiger partial charge is 0.365 e. The van der Waals surface area contributed by atoms with Crippen molar-refractivity contribution in [3.8, 4) is 5.75 Å². The summed E-state index contributed by atoms with van der Waals surface area (Å²) in [6.45, 7) is 2.43. The van der Waals surface area contributed by atoms with Gasteiger partial charge in [-0.3, -0.25) is 4.57 Å². The minimum absolute atomic E-state index is 0.438. The summed E-state index contributed by atoms with van der Waals surface area (Å²) in [6, 6.07) is 4.87. The molecule has 0 heterocycles. The van der Waals surface area contributed by atoms with Crippen LogP contribution in [0.1, 0.15) is 12.5 Å². The van der Waals surface area contributed by atoms with Crippen molar-refractivity contribution >= 4 is 25.2 Å². The second-order valence-corrected chi connectivity index (χ2v) is 6.22. The van der Waals surface area contributed by atoms with Crippen LogP contribution in [0.15, 0.2) is 18.2 Å². The van der Waals surface area contributed by atoms with Crippen molar-refractivity contribution in [3.05, 3.63) is 28.8 Å². The average molecular weight is 309 g/mol. The summed E-state index contributed by atoms with van der Waals surface area (Å²) in [6.07, 6.45) is 0. The molecule has 0 saturated heterocycles. The molecule has 8 heteroatoms. The van der Waals surface area contributed by atoms with Gasteiger partial charge in [0.2, 0.25) is 0 Å². The van der Waals surface area contributed by atoms with Gasteiger partial charge in [-0.15, -0.1) is 0 Å². The second-order valence-electron chi connectivity index (χ2n) is 3.88. The molecule has 1 unspecified atom stereocenters. The highest BCUT2D eigenvalue weighted by Crippen LogP contribution is 2.41. The predicted octanol–water partition coefficient (Wildman–Crippen LogP) is 2.09. The topological polar surface area (TPSA) is 93.1 Å². The van der Waals surface area contributed by atoms with Gasteiger partial charge in [-0.1, -0.05) is 11.6 Å². The number of hydrogen-bond donors (Lipinski definition) is 2. The Hall–Kier alpha value is -1.07. The molecule has 0 spiro atoms. The first-order valence-corrected chi connectivity index (χ1v) is 7.39. The van der Waals surface area contributed by atoms with E-state index >= 15 is 0 Å². The van der Waals surface area contributed by atoms with Crippen LogP contribution in [0.2, 0.25) is 5.02 Å². The number of rotatable bonds is 5. The minimum Gasteiger partial charge on any atom is -0.482 e. The van der Waals surface area contributed by atoms with E-state index in [2.05, 4.69) is 4.74 Å². The van der Waals surface area contributed by atoms with Crippen LogP contribution in [-0.2, 0) is 14.1 Å². The minimum atomic E-state index is -4.44. The van der Waals surface area contributed by atoms with Crippen LogP contribution < -0.4 is 4.74 Å². The molecule has 0 fully saturated rings. The van der Waals surface area contributed by atoms with Crippen LogP contribution in [0, 0.1) is 6.92 Å². The number of hydrogen-bond acceptors (Lipinski definition) is 4. The second kappa shape index (κ2) is 6.39. The van der Waals surface area contributed by atoms with E-state index in [1.807, 2.05) is 0 Å². The Morgan fingerprint density at radius 3 is 2.63 bits per heavy atom. The lowest BCUT2D eigenvalue weighted by molar-refractivity contribution is -0.147. The summed E-state index contributed by atoms with van der Waals surface area (Å²) in [5.74, 6) is -1.90. The molecule has 0 aromatic heterocycles. The third kappa shape index (κ3) is 5.20. The lowest BCUT2D eigenvalue weighted by Gasteiger charge is -2.15. The van der Waals surface area contributed by atoms with Crippen LogP contribution in [0.3, 0.4) is 0 Å². The van der Waals surface area contributed by atoms with E-state index in [9.17, 15) is 9.36 Å². The molecule has 106 valence electrons. The molecule has 0 aliphatic rings. The van der Waals surface area contributed by atoms with E-state index < -0.39 is 26.0 Å². The van der Waals surface area contributed by atoms with Crippen LogP contribution in [0.25, 0.3) is 0 Å². The molecule has 0 bridgehead atoms. The monoisotopic (exact) mass is 308 g/mol. The van der Waals surface area contributed by atoms with Gasteiger partial charge in [0.1, 0.15) is 5.75 Å². The fraction of sp³-hybridized carbons (Fsp3) is 0.364. The summed E-state index contributed by atoms with van der Waals surface area (Å²) in [5.41, 5.74) is 0.739. The Morgan fingerprint density at radius 1 is 1.47 bits per heavy atom. The maximum Gasteiger partial charge on any atom is 0.365 e. The van der Waals surface area contributed by atoms with E-state index in [-0.39, 0.29) is 0 Å². The average Bonchev–Trinajstić information content (AvgIpc) is 2.26. The summed E-state index contributed by atoms with van der Waals surface area (Å²) < 4.78 is 20.5. The molecule has 0 amide bonds. The Kier molecular flexibility index (Phi) is 5.38. The van der Waals surface area contributed by atoms with E-state index in [0.29, 0.717) is 10.8 Å². The fourth-order valence-electron chi connectivity index (χ4n) is 1.20. The predicted molar refractivity (Wildman–Crippen MR) is 69.3 cm³/mol. The molecular formula is C11H14ClO6P. The van der Waals surface area contributed by atoms with Gasteiger partial charge in [-0.25, -0.2) is 4.79 Å². The highest BCUT2D eigenvalue weighted by molar-refractivity contribution is 7.52. The van der Waals surface area contributed by atoms with Gasteiger partial charge in [-0.2, -0.15) is 0 Å².